The van der Waals surface area contributed by atoms with Crippen LogP contribution >= 0.6 is 0 Å². The maximum atomic E-state index is 13.3. The normalized spacial score (nSPS) is 12.5. The van der Waals surface area contributed by atoms with E-state index in [9.17, 15) is 19.3 Å². The molecular formula is C17H15FN2O4. The standard InChI is InChI=1S/C17H15FN2O4/c18-15-7-5-13(9-16(15)20(22)23)19-17(21)10-24-14-6-4-11-2-1-3-12(11)8-14/h4-9H,1-3,10H2,(H,19,21). The largest absolute Gasteiger partial charge is 0.484 e. The van der Waals surface area contributed by atoms with Crippen molar-refractivity contribution in [2.45, 2.75) is 19.3 Å². The lowest BCUT2D eigenvalue weighted by Gasteiger charge is -2.09. The molecule has 0 radical (unpaired) electrons. The smallest absolute Gasteiger partial charge is 0.306 e. The van der Waals surface area contributed by atoms with Crippen LogP contribution in [-0.4, -0.2) is 17.4 Å². The van der Waals surface area contributed by atoms with Crippen LogP contribution in [0.15, 0.2) is 36.4 Å². The molecule has 2 aromatic carbocycles. The number of anilines is 1. The molecule has 0 fully saturated rings. The lowest BCUT2D eigenvalue weighted by Crippen LogP contribution is -2.20. The average molecular weight is 330 g/mol. The summed E-state index contributed by atoms with van der Waals surface area (Å²) in [6.45, 7) is -0.232. The topological polar surface area (TPSA) is 81.5 Å². The first-order valence-electron chi connectivity index (χ1n) is 7.51. The van der Waals surface area contributed by atoms with Gasteiger partial charge in [-0.25, -0.2) is 0 Å². The molecule has 6 nitrogen and oxygen atoms in total. The lowest BCUT2D eigenvalue weighted by molar-refractivity contribution is -0.387. The van der Waals surface area contributed by atoms with Crippen molar-refractivity contribution in [1.29, 1.82) is 0 Å². The number of aryl methyl sites for hydroxylation is 2. The van der Waals surface area contributed by atoms with Gasteiger partial charge >= 0.3 is 5.69 Å². The number of nitrogens with zero attached hydrogens (tertiary/aromatic N) is 1. The number of nitro groups is 1. The highest BCUT2D eigenvalue weighted by Crippen LogP contribution is 2.26. The van der Waals surface area contributed by atoms with E-state index in [4.69, 9.17) is 4.74 Å². The first-order chi connectivity index (χ1) is 11.5. The molecule has 0 atom stereocenters. The Morgan fingerprint density at radius 1 is 1.21 bits per heavy atom. The summed E-state index contributed by atoms with van der Waals surface area (Å²) < 4.78 is 18.7. The van der Waals surface area contributed by atoms with Crippen LogP contribution in [0.3, 0.4) is 0 Å². The average Bonchev–Trinajstić information content (AvgIpc) is 3.02. The van der Waals surface area contributed by atoms with Gasteiger partial charge in [-0.05, 0) is 54.7 Å². The van der Waals surface area contributed by atoms with E-state index in [1.54, 1.807) is 0 Å². The van der Waals surface area contributed by atoms with Crippen molar-refractivity contribution < 1.29 is 18.8 Å². The number of hydrogen-bond acceptors (Lipinski definition) is 4. The van der Waals surface area contributed by atoms with E-state index in [0.29, 0.717) is 5.75 Å². The van der Waals surface area contributed by atoms with Crippen molar-refractivity contribution >= 4 is 17.3 Å². The second-order valence-corrected chi connectivity index (χ2v) is 5.54. The zero-order chi connectivity index (χ0) is 17.1. The van der Waals surface area contributed by atoms with Gasteiger partial charge in [0.2, 0.25) is 5.82 Å². The Morgan fingerprint density at radius 3 is 2.79 bits per heavy atom. The van der Waals surface area contributed by atoms with Crippen LogP contribution in [0.1, 0.15) is 17.5 Å². The molecule has 3 rings (SSSR count). The molecule has 0 spiro atoms. The maximum absolute atomic E-state index is 13.3. The van der Waals surface area contributed by atoms with Crippen LogP contribution in [0.4, 0.5) is 15.8 Å². The van der Waals surface area contributed by atoms with E-state index in [-0.39, 0.29) is 12.3 Å². The van der Waals surface area contributed by atoms with Gasteiger partial charge in [-0.15, -0.1) is 0 Å². The second kappa shape index (κ2) is 6.66. The summed E-state index contributed by atoms with van der Waals surface area (Å²) in [4.78, 5) is 21.7. The molecule has 1 N–H and O–H groups in total. The van der Waals surface area contributed by atoms with Crippen LogP contribution in [0.2, 0.25) is 0 Å². The zero-order valence-electron chi connectivity index (χ0n) is 12.8. The Kier molecular flexibility index (Phi) is 4.41. The van der Waals surface area contributed by atoms with E-state index >= 15 is 0 Å². The Labute approximate surface area is 137 Å². The number of carbonyl (C=O) groups excluding carboxylic acids is 1. The fourth-order valence-electron chi connectivity index (χ4n) is 2.71. The fraction of sp³-hybridized carbons (Fsp3) is 0.235. The van der Waals surface area contributed by atoms with Crippen molar-refractivity contribution in [3.05, 3.63) is 63.5 Å². The van der Waals surface area contributed by atoms with Crippen LogP contribution in [-0.2, 0) is 17.6 Å². The molecule has 0 unspecified atom stereocenters. The third-order valence-corrected chi connectivity index (χ3v) is 3.87. The van der Waals surface area contributed by atoms with Crippen LogP contribution in [0, 0.1) is 15.9 Å². The predicted octanol–water partition coefficient (Wildman–Crippen LogP) is 3.24. The lowest BCUT2D eigenvalue weighted by atomic mass is 10.1. The predicted molar refractivity (Wildman–Crippen MR) is 85.6 cm³/mol. The van der Waals surface area contributed by atoms with Crippen molar-refractivity contribution in [3.63, 3.8) is 0 Å². The SMILES string of the molecule is O=C(COc1ccc2c(c1)CCC2)Nc1ccc(F)c([N+](=O)[O-])c1. The third-order valence-electron chi connectivity index (χ3n) is 3.87. The van der Waals surface area contributed by atoms with Gasteiger partial charge in [-0.1, -0.05) is 6.07 Å². The Morgan fingerprint density at radius 2 is 2.00 bits per heavy atom. The highest BCUT2D eigenvalue weighted by molar-refractivity contribution is 5.92. The monoisotopic (exact) mass is 330 g/mol. The van der Waals surface area contributed by atoms with E-state index in [2.05, 4.69) is 5.32 Å². The highest BCUT2D eigenvalue weighted by Gasteiger charge is 2.16. The Bertz CT molecular complexity index is 807. The number of nitrogens with one attached hydrogen (secondary N) is 1. The number of hydrogen-bond donors (Lipinski definition) is 1. The van der Waals surface area contributed by atoms with E-state index in [0.717, 1.165) is 31.4 Å². The molecule has 0 saturated heterocycles. The van der Waals surface area contributed by atoms with Gasteiger partial charge in [-0.2, -0.15) is 4.39 Å². The van der Waals surface area contributed by atoms with Gasteiger partial charge in [-0.3, -0.25) is 14.9 Å². The number of rotatable bonds is 5. The Hall–Kier alpha value is -2.96. The second-order valence-electron chi connectivity index (χ2n) is 5.54. The molecule has 1 amide bonds. The number of carbonyl (C=O) groups is 1. The van der Waals surface area contributed by atoms with Gasteiger partial charge < -0.3 is 10.1 Å². The minimum Gasteiger partial charge on any atom is -0.484 e. The van der Waals surface area contributed by atoms with Gasteiger partial charge in [0.05, 0.1) is 4.92 Å². The van der Waals surface area contributed by atoms with Crippen LogP contribution in [0.25, 0.3) is 0 Å². The zero-order valence-corrected chi connectivity index (χ0v) is 12.8. The van der Waals surface area contributed by atoms with Crippen molar-refractivity contribution in [1.82, 2.24) is 0 Å². The first-order valence-corrected chi connectivity index (χ1v) is 7.51. The summed E-state index contributed by atoms with van der Waals surface area (Å²) >= 11 is 0. The molecule has 24 heavy (non-hydrogen) atoms. The summed E-state index contributed by atoms with van der Waals surface area (Å²) in [6, 6.07) is 8.92. The number of fused-ring (bicyclic) bond motifs is 1. The van der Waals surface area contributed by atoms with Crippen LogP contribution < -0.4 is 10.1 Å². The Balaban J connectivity index is 1.60. The number of nitro benzene ring substituents is 1. The van der Waals surface area contributed by atoms with Crippen molar-refractivity contribution in [2.24, 2.45) is 0 Å². The minimum absolute atomic E-state index is 0.144. The van der Waals surface area contributed by atoms with Gasteiger partial charge in [0.15, 0.2) is 6.61 Å². The molecule has 2 aromatic rings. The van der Waals surface area contributed by atoms with E-state index in [1.165, 1.54) is 17.2 Å². The molecular weight excluding hydrogens is 315 g/mol. The molecule has 7 heteroatoms. The molecule has 0 saturated carbocycles. The molecule has 0 bridgehead atoms. The summed E-state index contributed by atoms with van der Waals surface area (Å²) in [5, 5.41) is 13.1. The first kappa shape index (κ1) is 15.9. The quantitative estimate of drug-likeness (QED) is 0.674. The van der Waals surface area contributed by atoms with Crippen LogP contribution in [0.5, 0.6) is 5.75 Å². The third kappa shape index (κ3) is 3.51. The number of ether oxygens (including phenoxy) is 1. The van der Waals surface area contributed by atoms with Gasteiger partial charge in [0.25, 0.3) is 5.91 Å². The van der Waals surface area contributed by atoms with E-state index < -0.39 is 22.3 Å². The van der Waals surface area contributed by atoms with Crippen molar-refractivity contribution in [3.8, 4) is 5.75 Å². The summed E-state index contributed by atoms with van der Waals surface area (Å²) in [7, 11) is 0. The molecule has 0 aliphatic heterocycles. The highest BCUT2D eigenvalue weighted by atomic mass is 19.1. The van der Waals surface area contributed by atoms with Gasteiger partial charge in [0.1, 0.15) is 5.75 Å². The van der Waals surface area contributed by atoms with Crippen molar-refractivity contribution in [2.75, 3.05) is 11.9 Å². The maximum Gasteiger partial charge on any atom is 0.306 e. The minimum atomic E-state index is -0.951. The number of halogens is 1. The number of benzene rings is 2. The molecule has 1 aliphatic rings. The fourth-order valence-corrected chi connectivity index (χ4v) is 2.71. The molecule has 0 aromatic heterocycles. The molecule has 0 heterocycles. The van der Waals surface area contributed by atoms with E-state index in [1.807, 2.05) is 18.2 Å². The number of amides is 1. The summed E-state index contributed by atoms with van der Waals surface area (Å²) in [5.74, 6) is -0.820. The summed E-state index contributed by atoms with van der Waals surface area (Å²) in [6.07, 6.45) is 3.21. The molecule has 1 aliphatic carbocycles. The van der Waals surface area contributed by atoms with Gasteiger partial charge in [0, 0.05) is 11.8 Å². The summed E-state index contributed by atoms with van der Waals surface area (Å²) in [5.41, 5.74) is 2.01. The molecule has 124 valence electrons.